The van der Waals surface area contributed by atoms with Gasteiger partial charge in [0.25, 0.3) is 5.91 Å². The molecule has 1 saturated heterocycles. The van der Waals surface area contributed by atoms with Crippen molar-refractivity contribution < 1.29 is 28.0 Å². The summed E-state index contributed by atoms with van der Waals surface area (Å²) in [5.41, 5.74) is 1.06. The summed E-state index contributed by atoms with van der Waals surface area (Å²) in [6, 6.07) is 10.4. The van der Waals surface area contributed by atoms with Crippen LogP contribution in [0.15, 0.2) is 46.9 Å². The van der Waals surface area contributed by atoms with Crippen LogP contribution in [0.3, 0.4) is 0 Å². The maximum atomic E-state index is 13.3. The van der Waals surface area contributed by atoms with E-state index in [9.17, 15) is 14.0 Å². The lowest BCUT2D eigenvalue weighted by Crippen LogP contribution is -3.13. The third-order valence-electron chi connectivity index (χ3n) is 5.44. The summed E-state index contributed by atoms with van der Waals surface area (Å²) in [7, 11) is 1.55. The Morgan fingerprint density at radius 1 is 1.10 bits per heavy atom. The van der Waals surface area contributed by atoms with E-state index in [1.165, 1.54) is 35.6 Å². The van der Waals surface area contributed by atoms with Crippen molar-refractivity contribution in [2.24, 2.45) is 0 Å². The monoisotopic (exact) mass is 411 g/mol. The summed E-state index contributed by atoms with van der Waals surface area (Å²) in [6.07, 6.45) is 3.43. The fourth-order valence-electron chi connectivity index (χ4n) is 3.86. The van der Waals surface area contributed by atoms with Gasteiger partial charge in [-0.2, -0.15) is 0 Å². The number of ketones is 1. The van der Waals surface area contributed by atoms with Crippen molar-refractivity contribution in [3.05, 3.63) is 59.6 Å². The van der Waals surface area contributed by atoms with Crippen LogP contribution in [0.1, 0.15) is 35.4 Å². The number of anilines is 1. The highest BCUT2D eigenvalue weighted by atomic mass is 19.1. The molecule has 1 aliphatic heterocycles. The highest BCUT2D eigenvalue weighted by Gasteiger charge is 2.25. The van der Waals surface area contributed by atoms with Gasteiger partial charge in [0.05, 0.1) is 25.9 Å². The van der Waals surface area contributed by atoms with Crippen LogP contribution in [0.25, 0.3) is 11.0 Å². The van der Waals surface area contributed by atoms with Crippen LogP contribution in [0.4, 0.5) is 10.1 Å². The Bertz CT molecular complexity index is 1070. The molecule has 0 aliphatic carbocycles. The lowest BCUT2D eigenvalue weighted by atomic mass is 10.1. The van der Waals surface area contributed by atoms with Gasteiger partial charge in [0.2, 0.25) is 5.78 Å². The van der Waals surface area contributed by atoms with Gasteiger partial charge < -0.3 is 19.4 Å². The third kappa shape index (κ3) is 4.21. The van der Waals surface area contributed by atoms with E-state index < -0.39 is 11.6 Å². The number of piperidine rings is 1. The number of carbonyl (C=O) groups is 2. The van der Waals surface area contributed by atoms with Gasteiger partial charge in [-0.05, 0) is 61.7 Å². The zero-order valence-corrected chi connectivity index (χ0v) is 16.8. The molecule has 6 nitrogen and oxygen atoms in total. The van der Waals surface area contributed by atoms with E-state index in [2.05, 4.69) is 5.32 Å². The SMILES string of the molecule is COc1ccc2oc(C(=O)c3ccc(F)cc3)c(NC(=O)C[NH+]3CCCCC3)c2c1. The first-order valence-corrected chi connectivity index (χ1v) is 10.1. The largest absolute Gasteiger partial charge is 0.497 e. The van der Waals surface area contributed by atoms with Crippen molar-refractivity contribution in [3.63, 3.8) is 0 Å². The second-order valence-corrected chi connectivity index (χ2v) is 7.54. The molecule has 1 fully saturated rings. The molecule has 0 radical (unpaired) electrons. The zero-order chi connectivity index (χ0) is 21.1. The Labute approximate surface area is 173 Å². The first-order valence-electron chi connectivity index (χ1n) is 10.1. The standard InChI is InChI=1S/C23H23FN2O4/c1-29-17-9-10-19-18(13-17)21(25-20(27)14-26-11-3-2-4-12-26)23(30-19)22(28)15-5-7-16(24)8-6-15/h5-10,13H,2-4,11-12,14H2,1H3,(H,25,27)/p+1. The second-order valence-electron chi connectivity index (χ2n) is 7.54. The number of quaternary nitrogens is 1. The summed E-state index contributed by atoms with van der Waals surface area (Å²) in [5, 5.41) is 3.48. The van der Waals surface area contributed by atoms with Gasteiger partial charge in [0, 0.05) is 10.9 Å². The van der Waals surface area contributed by atoms with Crippen LogP contribution in [0, 0.1) is 5.82 Å². The maximum absolute atomic E-state index is 13.3. The number of ether oxygens (including phenoxy) is 1. The van der Waals surface area contributed by atoms with Crippen LogP contribution >= 0.6 is 0 Å². The van der Waals surface area contributed by atoms with Gasteiger partial charge in [0.15, 0.2) is 12.3 Å². The number of likely N-dealkylation sites (tertiary alicyclic amines) is 1. The maximum Gasteiger partial charge on any atom is 0.279 e. The predicted octanol–water partition coefficient (Wildman–Crippen LogP) is 2.82. The molecule has 0 unspecified atom stereocenters. The molecular weight excluding hydrogens is 387 g/mol. The van der Waals surface area contributed by atoms with Crippen LogP contribution < -0.4 is 15.0 Å². The van der Waals surface area contributed by atoms with E-state index in [4.69, 9.17) is 9.15 Å². The lowest BCUT2D eigenvalue weighted by Gasteiger charge is -2.22. The number of methoxy groups -OCH3 is 1. The van der Waals surface area contributed by atoms with Gasteiger partial charge in [-0.1, -0.05) is 0 Å². The molecule has 3 aromatic rings. The Kier molecular flexibility index (Phi) is 5.81. The van der Waals surface area contributed by atoms with Gasteiger partial charge >= 0.3 is 0 Å². The van der Waals surface area contributed by atoms with Crippen molar-refractivity contribution in [2.45, 2.75) is 19.3 Å². The van der Waals surface area contributed by atoms with Crippen LogP contribution in [0.5, 0.6) is 5.75 Å². The fraction of sp³-hybridized carbons (Fsp3) is 0.304. The molecule has 2 N–H and O–H groups in total. The molecule has 4 rings (SSSR count). The Balaban J connectivity index is 1.69. The quantitative estimate of drug-likeness (QED) is 0.612. The van der Waals surface area contributed by atoms with Crippen LogP contribution in [0.2, 0.25) is 0 Å². The number of hydrogen-bond acceptors (Lipinski definition) is 4. The summed E-state index contributed by atoms with van der Waals surface area (Å²) < 4.78 is 24.4. The molecule has 156 valence electrons. The number of benzene rings is 2. The van der Waals surface area contributed by atoms with Crippen molar-refractivity contribution in [3.8, 4) is 5.75 Å². The zero-order valence-electron chi connectivity index (χ0n) is 16.8. The van der Waals surface area contributed by atoms with Gasteiger partial charge in [-0.3, -0.25) is 9.59 Å². The summed E-state index contributed by atoms with van der Waals surface area (Å²) in [4.78, 5) is 27.1. The van der Waals surface area contributed by atoms with Crippen LogP contribution in [-0.2, 0) is 4.79 Å². The van der Waals surface area contributed by atoms with Gasteiger partial charge in [-0.15, -0.1) is 0 Å². The van der Waals surface area contributed by atoms with Crippen LogP contribution in [-0.4, -0.2) is 38.4 Å². The molecule has 2 aromatic carbocycles. The minimum Gasteiger partial charge on any atom is -0.497 e. The van der Waals surface area contributed by atoms with E-state index in [-0.39, 0.29) is 17.2 Å². The normalized spacial score (nSPS) is 14.6. The molecule has 0 atom stereocenters. The van der Waals surface area contributed by atoms with Crippen molar-refractivity contribution in [1.29, 1.82) is 0 Å². The van der Waals surface area contributed by atoms with Crippen molar-refractivity contribution >= 4 is 28.3 Å². The average molecular weight is 411 g/mol. The fourth-order valence-corrected chi connectivity index (χ4v) is 3.86. The molecule has 0 saturated carbocycles. The molecule has 0 bridgehead atoms. The van der Waals surface area contributed by atoms with Gasteiger partial charge in [0.1, 0.15) is 17.1 Å². The summed E-state index contributed by atoms with van der Waals surface area (Å²) in [6.45, 7) is 2.27. The van der Waals surface area contributed by atoms with Crippen molar-refractivity contribution in [1.82, 2.24) is 0 Å². The number of amides is 1. The Morgan fingerprint density at radius 2 is 1.83 bits per heavy atom. The summed E-state index contributed by atoms with van der Waals surface area (Å²) >= 11 is 0. The molecule has 2 heterocycles. The number of nitrogens with one attached hydrogen (secondary N) is 2. The molecule has 7 heteroatoms. The van der Waals surface area contributed by atoms with Gasteiger partial charge in [-0.25, -0.2) is 4.39 Å². The Morgan fingerprint density at radius 3 is 2.53 bits per heavy atom. The lowest BCUT2D eigenvalue weighted by molar-refractivity contribution is -0.896. The van der Waals surface area contributed by atoms with E-state index in [0.717, 1.165) is 25.9 Å². The highest BCUT2D eigenvalue weighted by Crippen LogP contribution is 2.35. The minimum absolute atomic E-state index is 0.0202. The molecule has 0 spiro atoms. The van der Waals surface area contributed by atoms with E-state index in [0.29, 0.717) is 29.0 Å². The molecule has 1 aliphatic rings. The number of fused-ring (bicyclic) bond motifs is 1. The predicted molar refractivity (Wildman–Crippen MR) is 111 cm³/mol. The molecule has 1 amide bonds. The topological polar surface area (TPSA) is 73.0 Å². The number of rotatable bonds is 6. The average Bonchev–Trinajstić information content (AvgIpc) is 3.11. The molecule has 1 aromatic heterocycles. The van der Waals surface area contributed by atoms with E-state index in [1.807, 2.05) is 0 Å². The minimum atomic E-state index is -0.432. The summed E-state index contributed by atoms with van der Waals surface area (Å²) in [5.74, 6) is -0.427. The van der Waals surface area contributed by atoms with E-state index in [1.54, 1.807) is 25.3 Å². The Hall–Kier alpha value is -3.19. The third-order valence-corrected chi connectivity index (χ3v) is 5.44. The first-order chi connectivity index (χ1) is 14.5. The first kappa shape index (κ1) is 20.1. The smallest absolute Gasteiger partial charge is 0.279 e. The van der Waals surface area contributed by atoms with Crippen molar-refractivity contribution in [2.75, 3.05) is 32.1 Å². The number of halogens is 1. The number of hydrogen-bond donors (Lipinski definition) is 2. The molecular formula is C23H24FN2O4+. The number of furan rings is 1. The van der Waals surface area contributed by atoms with E-state index >= 15 is 0 Å². The number of carbonyl (C=O) groups excluding carboxylic acids is 2. The second kappa shape index (κ2) is 8.67. The molecule has 30 heavy (non-hydrogen) atoms. The highest BCUT2D eigenvalue weighted by molar-refractivity contribution is 6.17.